The molecule has 0 unspecified atom stereocenters. The third kappa shape index (κ3) is 4.53. The molecule has 0 bridgehead atoms. The molecule has 0 aliphatic heterocycles. The zero-order valence-corrected chi connectivity index (χ0v) is 12.0. The highest BCUT2D eigenvalue weighted by Gasteiger charge is 2.08. The van der Waals surface area contributed by atoms with Crippen LogP contribution in [-0.2, 0) is 11.3 Å². The number of ether oxygens (including phenoxy) is 1. The van der Waals surface area contributed by atoms with Gasteiger partial charge in [-0.15, -0.1) is 0 Å². The summed E-state index contributed by atoms with van der Waals surface area (Å²) >= 11 is 0. The summed E-state index contributed by atoms with van der Waals surface area (Å²) in [5.74, 6) is -0.236. The van der Waals surface area contributed by atoms with Gasteiger partial charge in [0.15, 0.2) is 0 Å². The topological polar surface area (TPSA) is 39.1 Å². The molecule has 2 rings (SSSR count). The lowest BCUT2D eigenvalue weighted by atomic mass is 10.2. The Morgan fingerprint density at radius 3 is 3.00 bits per heavy atom. The van der Waals surface area contributed by atoms with Crippen LogP contribution < -0.4 is 5.32 Å². The van der Waals surface area contributed by atoms with Crippen LogP contribution in [0.1, 0.15) is 18.9 Å². The molecule has 0 amide bonds. The first-order chi connectivity index (χ1) is 10.2. The van der Waals surface area contributed by atoms with Gasteiger partial charge < -0.3 is 14.6 Å². The van der Waals surface area contributed by atoms with E-state index in [1.54, 1.807) is 17.0 Å². The van der Waals surface area contributed by atoms with Gasteiger partial charge in [0, 0.05) is 37.7 Å². The Balaban J connectivity index is 1.95. The predicted octanol–water partition coefficient (Wildman–Crippen LogP) is 3.05. The quantitative estimate of drug-likeness (QED) is 0.761. The number of anilines is 1. The first-order valence-electron chi connectivity index (χ1n) is 6.97. The van der Waals surface area contributed by atoms with Crippen LogP contribution in [0.15, 0.2) is 30.6 Å². The van der Waals surface area contributed by atoms with Crippen molar-refractivity contribution in [2.45, 2.75) is 19.9 Å². The van der Waals surface area contributed by atoms with Gasteiger partial charge in [0.1, 0.15) is 11.6 Å². The van der Waals surface area contributed by atoms with Crippen LogP contribution in [0.3, 0.4) is 0 Å². The van der Waals surface area contributed by atoms with E-state index in [-0.39, 0.29) is 6.54 Å². The van der Waals surface area contributed by atoms with E-state index < -0.39 is 11.6 Å². The zero-order valence-electron chi connectivity index (χ0n) is 12.0. The molecule has 0 radical (unpaired) electrons. The number of rotatable bonds is 8. The third-order valence-electron chi connectivity index (χ3n) is 3.02. The summed E-state index contributed by atoms with van der Waals surface area (Å²) in [7, 11) is 0. The Morgan fingerprint density at radius 2 is 2.19 bits per heavy atom. The summed E-state index contributed by atoms with van der Waals surface area (Å²) in [5.41, 5.74) is 0.297. The van der Waals surface area contributed by atoms with Crippen molar-refractivity contribution in [2.75, 3.05) is 25.1 Å². The molecule has 21 heavy (non-hydrogen) atoms. The van der Waals surface area contributed by atoms with Gasteiger partial charge in [0.2, 0.25) is 5.95 Å². The second-order valence-electron chi connectivity index (χ2n) is 4.59. The van der Waals surface area contributed by atoms with Crippen LogP contribution >= 0.6 is 0 Å². The zero-order chi connectivity index (χ0) is 15.1. The Morgan fingerprint density at radius 1 is 1.33 bits per heavy atom. The molecule has 0 saturated carbocycles. The van der Waals surface area contributed by atoms with E-state index in [9.17, 15) is 8.78 Å². The van der Waals surface area contributed by atoms with Crippen LogP contribution in [0, 0.1) is 11.6 Å². The maximum atomic E-state index is 13.6. The lowest BCUT2D eigenvalue weighted by Crippen LogP contribution is -2.11. The van der Waals surface area contributed by atoms with Crippen molar-refractivity contribution < 1.29 is 13.5 Å². The van der Waals surface area contributed by atoms with Gasteiger partial charge in [-0.2, -0.15) is 0 Å². The first-order valence-corrected chi connectivity index (χ1v) is 6.97. The largest absolute Gasteiger partial charge is 0.382 e. The highest BCUT2D eigenvalue weighted by atomic mass is 19.1. The van der Waals surface area contributed by atoms with Crippen molar-refractivity contribution in [1.29, 1.82) is 0 Å². The molecular weight excluding hydrogens is 276 g/mol. The molecule has 0 aliphatic carbocycles. The van der Waals surface area contributed by atoms with E-state index in [2.05, 4.69) is 10.3 Å². The summed E-state index contributed by atoms with van der Waals surface area (Å²) in [5, 5.41) is 3.16. The molecule has 0 atom stereocenters. The molecule has 2 aromatic rings. The lowest BCUT2D eigenvalue weighted by molar-refractivity contribution is 0.147. The van der Waals surface area contributed by atoms with Crippen molar-refractivity contribution >= 4 is 5.95 Å². The SMILES string of the molecule is CCOCCCNc1nccn1Cc1cc(F)ccc1F. The summed E-state index contributed by atoms with van der Waals surface area (Å²) in [6.07, 6.45) is 4.21. The van der Waals surface area contributed by atoms with E-state index in [4.69, 9.17) is 4.74 Å². The lowest BCUT2D eigenvalue weighted by Gasteiger charge is -2.10. The Labute approximate surface area is 122 Å². The number of halogens is 2. The Kier molecular flexibility index (Phi) is 5.68. The van der Waals surface area contributed by atoms with Crippen LogP contribution in [0.5, 0.6) is 0 Å². The first kappa shape index (κ1) is 15.4. The molecule has 0 fully saturated rings. The van der Waals surface area contributed by atoms with Crippen LogP contribution in [0.25, 0.3) is 0 Å². The van der Waals surface area contributed by atoms with Crippen molar-refractivity contribution in [3.63, 3.8) is 0 Å². The van der Waals surface area contributed by atoms with Crippen LogP contribution in [0.4, 0.5) is 14.7 Å². The molecule has 114 valence electrons. The van der Waals surface area contributed by atoms with Gasteiger partial charge >= 0.3 is 0 Å². The summed E-state index contributed by atoms with van der Waals surface area (Å²) in [4.78, 5) is 4.18. The maximum absolute atomic E-state index is 13.6. The number of hydrogen-bond acceptors (Lipinski definition) is 3. The second kappa shape index (κ2) is 7.73. The van der Waals surface area contributed by atoms with Gasteiger partial charge in [0.05, 0.1) is 6.54 Å². The van der Waals surface area contributed by atoms with Gasteiger partial charge in [-0.25, -0.2) is 13.8 Å². The number of benzene rings is 1. The predicted molar refractivity (Wildman–Crippen MR) is 77.3 cm³/mol. The molecule has 4 nitrogen and oxygen atoms in total. The minimum absolute atomic E-state index is 0.234. The van der Waals surface area contributed by atoms with E-state index in [0.29, 0.717) is 31.3 Å². The normalized spacial score (nSPS) is 10.8. The highest BCUT2D eigenvalue weighted by molar-refractivity contribution is 5.28. The van der Waals surface area contributed by atoms with E-state index in [1.807, 2.05) is 6.92 Å². The fourth-order valence-electron chi connectivity index (χ4n) is 1.97. The number of imidazole rings is 1. The standard InChI is InChI=1S/C15H19F2N3O/c1-2-21-9-3-6-18-15-19-7-8-20(15)11-12-10-13(16)4-5-14(12)17/h4-5,7-8,10H,2-3,6,9,11H2,1H3,(H,18,19). The maximum Gasteiger partial charge on any atom is 0.203 e. The van der Waals surface area contributed by atoms with Crippen LogP contribution in [-0.4, -0.2) is 29.3 Å². The molecule has 0 saturated heterocycles. The second-order valence-corrected chi connectivity index (χ2v) is 4.59. The summed E-state index contributed by atoms with van der Waals surface area (Å²) in [6.45, 7) is 4.28. The average Bonchev–Trinajstić information content (AvgIpc) is 2.90. The van der Waals surface area contributed by atoms with Gasteiger partial charge in [-0.3, -0.25) is 0 Å². The van der Waals surface area contributed by atoms with E-state index in [0.717, 1.165) is 18.6 Å². The minimum Gasteiger partial charge on any atom is -0.382 e. The number of nitrogens with one attached hydrogen (secondary N) is 1. The molecule has 0 aliphatic rings. The molecule has 6 heteroatoms. The van der Waals surface area contributed by atoms with Crippen molar-refractivity contribution in [1.82, 2.24) is 9.55 Å². The van der Waals surface area contributed by atoms with Crippen LogP contribution in [0.2, 0.25) is 0 Å². The third-order valence-corrected chi connectivity index (χ3v) is 3.02. The molecule has 1 heterocycles. The van der Waals surface area contributed by atoms with Crippen molar-refractivity contribution in [3.8, 4) is 0 Å². The fourth-order valence-corrected chi connectivity index (χ4v) is 1.97. The fraction of sp³-hybridized carbons (Fsp3) is 0.400. The number of aromatic nitrogens is 2. The van der Waals surface area contributed by atoms with Gasteiger partial charge in [-0.1, -0.05) is 0 Å². The molecular formula is C15H19F2N3O. The van der Waals surface area contributed by atoms with Gasteiger partial charge in [-0.05, 0) is 31.5 Å². The molecule has 1 aromatic carbocycles. The van der Waals surface area contributed by atoms with Gasteiger partial charge in [0.25, 0.3) is 0 Å². The molecule has 0 spiro atoms. The van der Waals surface area contributed by atoms with E-state index in [1.165, 1.54) is 6.07 Å². The Bertz CT molecular complexity index is 572. The monoisotopic (exact) mass is 295 g/mol. The average molecular weight is 295 g/mol. The van der Waals surface area contributed by atoms with Crippen molar-refractivity contribution in [2.24, 2.45) is 0 Å². The number of hydrogen-bond donors (Lipinski definition) is 1. The molecule has 1 aromatic heterocycles. The highest BCUT2D eigenvalue weighted by Crippen LogP contribution is 2.14. The minimum atomic E-state index is -0.447. The smallest absolute Gasteiger partial charge is 0.203 e. The summed E-state index contributed by atoms with van der Waals surface area (Å²) < 4.78 is 33.8. The molecule has 1 N–H and O–H groups in total. The number of nitrogens with zero attached hydrogens (tertiary/aromatic N) is 2. The Hall–Kier alpha value is -1.95. The summed E-state index contributed by atoms with van der Waals surface area (Å²) in [6, 6.07) is 3.45. The van der Waals surface area contributed by atoms with Crippen molar-refractivity contribution in [3.05, 3.63) is 47.8 Å². The van der Waals surface area contributed by atoms with E-state index >= 15 is 0 Å².